The molecule has 3 N–H and O–H groups in total. The first-order valence-electron chi connectivity index (χ1n) is 7.09. The molecule has 2 aromatic carbocycles. The van der Waals surface area contributed by atoms with Crippen LogP contribution in [0.4, 0.5) is 11.4 Å². The minimum Gasteiger partial charge on any atom is -0.490 e. The zero-order valence-electron chi connectivity index (χ0n) is 12.8. The van der Waals surface area contributed by atoms with Crippen molar-refractivity contribution in [2.75, 3.05) is 11.1 Å². The van der Waals surface area contributed by atoms with Crippen molar-refractivity contribution >= 4 is 23.4 Å². The maximum Gasteiger partial charge on any atom is 0.255 e. The molecule has 2 rings (SSSR count). The first-order valence-corrected chi connectivity index (χ1v) is 7.09. The number of nitrogen functional groups attached to an aromatic ring is 1. The van der Waals surface area contributed by atoms with Gasteiger partial charge in [-0.25, -0.2) is 0 Å². The van der Waals surface area contributed by atoms with Gasteiger partial charge in [-0.2, -0.15) is 0 Å². The fourth-order valence-corrected chi connectivity index (χ4v) is 1.98. The second-order valence-corrected chi connectivity index (χ2v) is 5.20. The third-order valence-electron chi connectivity index (χ3n) is 3.02. The van der Waals surface area contributed by atoms with Crippen molar-refractivity contribution < 1.29 is 9.53 Å². The quantitative estimate of drug-likeness (QED) is 0.821. The molecule has 1 amide bonds. The second kappa shape index (κ2) is 6.80. The third kappa shape index (κ3) is 3.88. The topological polar surface area (TPSA) is 64.4 Å². The lowest BCUT2D eigenvalue weighted by Crippen LogP contribution is -2.12. The highest BCUT2D eigenvalue weighted by molar-refractivity contribution is 6.04. The molecule has 0 atom stereocenters. The largest absolute Gasteiger partial charge is 0.490 e. The Kier molecular flexibility index (Phi) is 4.84. The summed E-state index contributed by atoms with van der Waals surface area (Å²) in [6, 6.07) is 12.2. The van der Waals surface area contributed by atoms with Crippen LogP contribution in [-0.2, 0) is 0 Å². The van der Waals surface area contributed by atoms with E-state index in [-0.39, 0.29) is 12.0 Å². The Labute approximate surface area is 130 Å². The summed E-state index contributed by atoms with van der Waals surface area (Å²) >= 11 is 0. The van der Waals surface area contributed by atoms with E-state index in [1.807, 2.05) is 26.0 Å². The fourth-order valence-electron chi connectivity index (χ4n) is 1.98. The van der Waals surface area contributed by atoms with Crippen LogP contribution in [0.5, 0.6) is 5.75 Å². The molecule has 0 spiro atoms. The monoisotopic (exact) mass is 296 g/mol. The number of benzene rings is 2. The number of ether oxygens (including phenoxy) is 1. The van der Waals surface area contributed by atoms with Crippen LogP contribution < -0.4 is 15.8 Å². The number of nitrogens with two attached hydrogens (primary N) is 1. The molecule has 0 saturated heterocycles. The number of hydrogen-bond acceptors (Lipinski definition) is 3. The molecule has 0 unspecified atom stereocenters. The van der Waals surface area contributed by atoms with E-state index >= 15 is 0 Å². The molecule has 4 heteroatoms. The van der Waals surface area contributed by atoms with E-state index in [0.717, 1.165) is 11.3 Å². The summed E-state index contributed by atoms with van der Waals surface area (Å²) in [5, 5.41) is 2.85. The molecule has 0 saturated carbocycles. The molecule has 0 heterocycles. The molecule has 2 aromatic rings. The van der Waals surface area contributed by atoms with Crippen LogP contribution in [0.15, 0.2) is 49.0 Å². The van der Waals surface area contributed by atoms with Gasteiger partial charge in [0.25, 0.3) is 5.91 Å². The Morgan fingerprint density at radius 2 is 1.91 bits per heavy atom. The smallest absolute Gasteiger partial charge is 0.255 e. The number of nitrogens with one attached hydrogen (secondary N) is 1. The maximum atomic E-state index is 12.2. The molecule has 0 bridgehead atoms. The molecule has 0 radical (unpaired) electrons. The highest BCUT2D eigenvalue weighted by Gasteiger charge is 2.08. The van der Waals surface area contributed by atoms with E-state index < -0.39 is 0 Å². The van der Waals surface area contributed by atoms with Gasteiger partial charge in [0.15, 0.2) is 0 Å². The van der Waals surface area contributed by atoms with Gasteiger partial charge in [-0.05, 0) is 56.3 Å². The fraction of sp³-hybridized carbons (Fsp3) is 0.167. The van der Waals surface area contributed by atoms with Gasteiger partial charge in [-0.15, -0.1) is 0 Å². The number of carbonyl (C=O) groups excluding carboxylic acids is 1. The highest BCUT2D eigenvalue weighted by Crippen LogP contribution is 2.25. The number of amides is 1. The number of carbonyl (C=O) groups is 1. The van der Waals surface area contributed by atoms with Gasteiger partial charge < -0.3 is 15.8 Å². The van der Waals surface area contributed by atoms with Crippen molar-refractivity contribution in [2.24, 2.45) is 0 Å². The van der Waals surface area contributed by atoms with Crippen LogP contribution in [0.25, 0.3) is 6.08 Å². The lowest BCUT2D eigenvalue weighted by Gasteiger charge is -2.14. The molecule has 4 nitrogen and oxygen atoms in total. The van der Waals surface area contributed by atoms with Gasteiger partial charge in [0.05, 0.1) is 6.10 Å². The van der Waals surface area contributed by atoms with Crippen molar-refractivity contribution in [3.63, 3.8) is 0 Å². The molecule has 0 aliphatic heterocycles. The van der Waals surface area contributed by atoms with Crippen molar-refractivity contribution in [2.45, 2.75) is 20.0 Å². The standard InChI is InChI=1S/C18H20N2O2/c1-4-13-11-16(9-10-17(13)22-12(2)3)20-18(21)14-5-7-15(19)8-6-14/h4-12H,1,19H2,2-3H3,(H,20,21). The third-order valence-corrected chi connectivity index (χ3v) is 3.02. The van der Waals surface area contributed by atoms with Gasteiger partial charge in [0, 0.05) is 22.5 Å². The van der Waals surface area contributed by atoms with Crippen LogP contribution in [0.1, 0.15) is 29.8 Å². The normalized spacial score (nSPS) is 10.3. The van der Waals surface area contributed by atoms with Crippen LogP contribution in [0.3, 0.4) is 0 Å². The van der Waals surface area contributed by atoms with Crippen LogP contribution in [0.2, 0.25) is 0 Å². The first-order chi connectivity index (χ1) is 10.5. The predicted octanol–water partition coefficient (Wildman–Crippen LogP) is 3.95. The number of hydrogen-bond donors (Lipinski definition) is 2. The Morgan fingerprint density at radius 1 is 1.23 bits per heavy atom. The number of anilines is 2. The summed E-state index contributed by atoms with van der Waals surface area (Å²) in [6.07, 6.45) is 1.78. The molecule has 22 heavy (non-hydrogen) atoms. The molecular formula is C18H20N2O2. The Balaban J connectivity index is 2.17. The summed E-state index contributed by atoms with van der Waals surface area (Å²) in [6.45, 7) is 7.70. The minimum absolute atomic E-state index is 0.0777. The van der Waals surface area contributed by atoms with Crippen molar-refractivity contribution in [1.29, 1.82) is 0 Å². The van der Waals surface area contributed by atoms with Crippen molar-refractivity contribution in [3.05, 3.63) is 60.2 Å². The Morgan fingerprint density at radius 3 is 2.50 bits per heavy atom. The highest BCUT2D eigenvalue weighted by atomic mass is 16.5. The lowest BCUT2D eigenvalue weighted by molar-refractivity contribution is 0.102. The molecule has 0 aromatic heterocycles. The van der Waals surface area contributed by atoms with E-state index in [9.17, 15) is 4.79 Å². The van der Waals surface area contributed by atoms with Gasteiger partial charge in [0.2, 0.25) is 0 Å². The summed E-state index contributed by atoms with van der Waals surface area (Å²) < 4.78 is 5.70. The first kappa shape index (κ1) is 15.6. The van der Waals surface area contributed by atoms with Gasteiger partial charge in [0.1, 0.15) is 5.75 Å². The lowest BCUT2D eigenvalue weighted by atomic mass is 10.1. The predicted molar refractivity (Wildman–Crippen MR) is 91.1 cm³/mol. The molecule has 0 aliphatic rings. The minimum atomic E-state index is -0.187. The van der Waals surface area contributed by atoms with E-state index in [2.05, 4.69) is 11.9 Å². The summed E-state index contributed by atoms with van der Waals surface area (Å²) in [5.41, 5.74) is 8.32. The van der Waals surface area contributed by atoms with Crippen LogP contribution in [0, 0.1) is 0 Å². The van der Waals surface area contributed by atoms with Crippen molar-refractivity contribution in [1.82, 2.24) is 0 Å². The SMILES string of the molecule is C=Cc1cc(NC(=O)c2ccc(N)cc2)ccc1OC(C)C. The van der Waals surface area contributed by atoms with Gasteiger partial charge >= 0.3 is 0 Å². The molecular weight excluding hydrogens is 276 g/mol. The van der Waals surface area contributed by atoms with Gasteiger partial charge in [-0.3, -0.25) is 4.79 Å². The summed E-state index contributed by atoms with van der Waals surface area (Å²) in [5.74, 6) is 0.558. The number of rotatable bonds is 5. The van der Waals surface area contributed by atoms with E-state index in [4.69, 9.17) is 10.5 Å². The molecule has 0 aliphatic carbocycles. The van der Waals surface area contributed by atoms with E-state index in [1.165, 1.54) is 0 Å². The van der Waals surface area contributed by atoms with Crippen LogP contribution >= 0.6 is 0 Å². The van der Waals surface area contributed by atoms with E-state index in [0.29, 0.717) is 16.9 Å². The van der Waals surface area contributed by atoms with E-state index in [1.54, 1.807) is 36.4 Å². The average molecular weight is 296 g/mol. The second-order valence-electron chi connectivity index (χ2n) is 5.20. The zero-order valence-corrected chi connectivity index (χ0v) is 12.8. The Bertz CT molecular complexity index is 676. The summed E-state index contributed by atoms with van der Waals surface area (Å²) in [7, 11) is 0. The zero-order chi connectivity index (χ0) is 16.1. The molecule has 0 fully saturated rings. The average Bonchev–Trinajstić information content (AvgIpc) is 2.49. The van der Waals surface area contributed by atoms with Crippen LogP contribution in [-0.4, -0.2) is 12.0 Å². The Hall–Kier alpha value is -2.75. The summed E-state index contributed by atoms with van der Waals surface area (Å²) in [4.78, 5) is 12.2. The van der Waals surface area contributed by atoms with Crippen molar-refractivity contribution in [3.8, 4) is 5.75 Å². The maximum absolute atomic E-state index is 12.2. The molecule has 114 valence electrons. The van der Waals surface area contributed by atoms with Gasteiger partial charge in [-0.1, -0.05) is 12.7 Å².